The molecule has 2 unspecified atom stereocenters. The lowest BCUT2D eigenvalue weighted by molar-refractivity contribution is 0.00338. The number of aliphatic hydroxyl groups excluding tert-OH is 1. The van der Waals surface area contributed by atoms with Crippen LogP contribution in [0.4, 0.5) is 0 Å². The van der Waals surface area contributed by atoms with Crippen LogP contribution in [0.3, 0.4) is 0 Å². The molecule has 0 radical (unpaired) electrons. The van der Waals surface area contributed by atoms with Crippen molar-refractivity contribution in [1.82, 2.24) is 0 Å². The third-order valence-corrected chi connectivity index (χ3v) is 4.48. The van der Waals surface area contributed by atoms with E-state index in [0.29, 0.717) is 6.42 Å². The van der Waals surface area contributed by atoms with Crippen LogP contribution in [-0.2, 0) is 11.2 Å². The fourth-order valence-corrected chi connectivity index (χ4v) is 3.29. The van der Waals surface area contributed by atoms with Crippen molar-refractivity contribution in [3.63, 3.8) is 0 Å². The molecular formula is C18H22O3. The molecule has 3 heteroatoms. The van der Waals surface area contributed by atoms with Crippen molar-refractivity contribution in [3.05, 3.63) is 58.0 Å². The van der Waals surface area contributed by atoms with Crippen LogP contribution in [0.2, 0.25) is 0 Å². The number of rotatable bonds is 3. The number of fused-ring (bicyclic) bond motifs is 1. The Labute approximate surface area is 125 Å². The standard InChI is InChI=1S/C18H22O3/c1-11-12(2)21-13(3)18(11)16(19)10-17-15-7-5-4-6-14(15)8-9-20-17/h4-7,16-17,19H,8-10H2,1-3H3. The van der Waals surface area contributed by atoms with E-state index in [1.165, 1.54) is 11.1 Å². The Kier molecular flexibility index (Phi) is 3.87. The Balaban J connectivity index is 1.84. The Bertz CT molecular complexity index is 642. The van der Waals surface area contributed by atoms with Crippen LogP contribution in [-0.4, -0.2) is 11.7 Å². The van der Waals surface area contributed by atoms with Gasteiger partial charge in [0.25, 0.3) is 0 Å². The van der Waals surface area contributed by atoms with E-state index in [2.05, 4.69) is 18.2 Å². The lowest BCUT2D eigenvalue weighted by Crippen LogP contribution is -2.18. The van der Waals surface area contributed by atoms with Gasteiger partial charge in [0.1, 0.15) is 11.5 Å². The summed E-state index contributed by atoms with van der Waals surface area (Å²) in [4.78, 5) is 0. The van der Waals surface area contributed by atoms with Gasteiger partial charge in [0, 0.05) is 12.0 Å². The molecule has 0 saturated carbocycles. The molecule has 1 aromatic carbocycles. The topological polar surface area (TPSA) is 42.6 Å². The van der Waals surface area contributed by atoms with Gasteiger partial charge in [-0.15, -0.1) is 0 Å². The summed E-state index contributed by atoms with van der Waals surface area (Å²) in [5.41, 5.74) is 4.50. The van der Waals surface area contributed by atoms with Crippen LogP contribution in [0.15, 0.2) is 28.7 Å². The van der Waals surface area contributed by atoms with Gasteiger partial charge in [0.15, 0.2) is 0 Å². The van der Waals surface area contributed by atoms with Crippen LogP contribution in [0, 0.1) is 20.8 Å². The first-order valence-electron chi connectivity index (χ1n) is 7.52. The van der Waals surface area contributed by atoms with Crippen LogP contribution >= 0.6 is 0 Å². The zero-order valence-corrected chi connectivity index (χ0v) is 12.8. The molecule has 0 aliphatic carbocycles. The zero-order chi connectivity index (χ0) is 15.0. The zero-order valence-electron chi connectivity index (χ0n) is 12.8. The predicted octanol–water partition coefficient (Wildman–Crippen LogP) is 3.94. The molecule has 3 rings (SSSR count). The molecule has 1 aliphatic heterocycles. The van der Waals surface area contributed by atoms with Gasteiger partial charge < -0.3 is 14.3 Å². The van der Waals surface area contributed by atoms with Gasteiger partial charge in [-0.05, 0) is 43.9 Å². The van der Waals surface area contributed by atoms with Crippen LogP contribution < -0.4 is 0 Å². The minimum atomic E-state index is -0.557. The molecule has 1 N–H and O–H groups in total. The third kappa shape index (κ3) is 2.63. The van der Waals surface area contributed by atoms with E-state index in [4.69, 9.17) is 9.15 Å². The molecule has 0 bridgehead atoms. The third-order valence-electron chi connectivity index (χ3n) is 4.48. The van der Waals surface area contributed by atoms with Gasteiger partial charge in [-0.25, -0.2) is 0 Å². The molecule has 0 amide bonds. The first-order valence-corrected chi connectivity index (χ1v) is 7.52. The highest BCUT2D eigenvalue weighted by molar-refractivity contribution is 5.35. The maximum absolute atomic E-state index is 10.6. The second-order valence-electron chi connectivity index (χ2n) is 5.81. The van der Waals surface area contributed by atoms with Gasteiger partial charge in [0.2, 0.25) is 0 Å². The van der Waals surface area contributed by atoms with Gasteiger partial charge >= 0.3 is 0 Å². The van der Waals surface area contributed by atoms with E-state index in [0.717, 1.165) is 35.7 Å². The molecule has 0 fully saturated rings. The van der Waals surface area contributed by atoms with E-state index in [1.807, 2.05) is 26.8 Å². The van der Waals surface area contributed by atoms with Crippen molar-refractivity contribution in [2.45, 2.75) is 45.8 Å². The molecular weight excluding hydrogens is 264 g/mol. The molecule has 2 heterocycles. The number of aliphatic hydroxyl groups is 1. The van der Waals surface area contributed by atoms with E-state index in [-0.39, 0.29) is 6.10 Å². The van der Waals surface area contributed by atoms with E-state index < -0.39 is 6.10 Å². The number of hydrogen-bond donors (Lipinski definition) is 1. The summed E-state index contributed by atoms with van der Waals surface area (Å²) < 4.78 is 11.5. The van der Waals surface area contributed by atoms with Gasteiger partial charge in [-0.1, -0.05) is 24.3 Å². The molecule has 3 nitrogen and oxygen atoms in total. The lowest BCUT2D eigenvalue weighted by Gasteiger charge is -2.27. The maximum Gasteiger partial charge on any atom is 0.107 e. The average molecular weight is 286 g/mol. The van der Waals surface area contributed by atoms with Crippen molar-refractivity contribution in [1.29, 1.82) is 0 Å². The number of furan rings is 1. The van der Waals surface area contributed by atoms with Crippen LogP contribution in [0.5, 0.6) is 0 Å². The van der Waals surface area contributed by atoms with E-state index >= 15 is 0 Å². The number of benzene rings is 1. The first-order chi connectivity index (χ1) is 10.1. The predicted molar refractivity (Wildman–Crippen MR) is 81.3 cm³/mol. The molecule has 1 aliphatic rings. The lowest BCUT2D eigenvalue weighted by atomic mass is 9.91. The minimum Gasteiger partial charge on any atom is -0.466 e. The smallest absolute Gasteiger partial charge is 0.107 e. The Morgan fingerprint density at radius 3 is 2.67 bits per heavy atom. The van der Waals surface area contributed by atoms with E-state index in [1.54, 1.807) is 0 Å². The Morgan fingerprint density at radius 2 is 1.95 bits per heavy atom. The second kappa shape index (κ2) is 5.66. The summed E-state index contributed by atoms with van der Waals surface area (Å²) in [5, 5.41) is 10.6. The first kappa shape index (κ1) is 14.4. The fourth-order valence-electron chi connectivity index (χ4n) is 3.29. The highest BCUT2D eigenvalue weighted by Gasteiger charge is 2.27. The summed E-state index contributed by atoms with van der Waals surface area (Å²) in [6.45, 7) is 6.57. The summed E-state index contributed by atoms with van der Waals surface area (Å²) in [6, 6.07) is 8.35. The molecule has 0 saturated heterocycles. The number of ether oxygens (including phenoxy) is 1. The highest BCUT2D eigenvalue weighted by atomic mass is 16.5. The van der Waals surface area contributed by atoms with E-state index in [9.17, 15) is 5.11 Å². The second-order valence-corrected chi connectivity index (χ2v) is 5.81. The average Bonchev–Trinajstić information content (AvgIpc) is 2.72. The summed E-state index contributed by atoms with van der Waals surface area (Å²) >= 11 is 0. The number of hydrogen-bond acceptors (Lipinski definition) is 3. The highest BCUT2D eigenvalue weighted by Crippen LogP contribution is 2.37. The van der Waals surface area contributed by atoms with Gasteiger partial charge in [0.05, 0.1) is 18.8 Å². The Morgan fingerprint density at radius 1 is 1.19 bits per heavy atom. The fraction of sp³-hybridized carbons (Fsp3) is 0.444. The van der Waals surface area contributed by atoms with Crippen molar-refractivity contribution in [3.8, 4) is 0 Å². The van der Waals surface area contributed by atoms with Crippen molar-refractivity contribution in [2.75, 3.05) is 6.61 Å². The molecule has 112 valence electrons. The normalized spacial score (nSPS) is 19.3. The molecule has 2 aromatic rings. The monoisotopic (exact) mass is 286 g/mol. The van der Waals surface area contributed by atoms with Crippen molar-refractivity contribution >= 4 is 0 Å². The summed E-state index contributed by atoms with van der Waals surface area (Å²) in [7, 11) is 0. The van der Waals surface area contributed by atoms with Gasteiger partial charge in [-0.2, -0.15) is 0 Å². The minimum absolute atomic E-state index is 0.0426. The maximum atomic E-state index is 10.6. The summed E-state index contributed by atoms with van der Waals surface area (Å²) in [6.07, 6.45) is 0.918. The SMILES string of the molecule is Cc1oc(C)c(C(O)CC2OCCc3ccccc32)c1C. The Hall–Kier alpha value is -1.58. The summed E-state index contributed by atoms with van der Waals surface area (Å²) in [5.74, 6) is 1.69. The molecule has 1 aromatic heterocycles. The number of aryl methyl sites for hydroxylation is 2. The van der Waals surface area contributed by atoms with Crippen molar-refractivity contribution in [2.24, 2.45) is 0 Å². The molecule has 21 heavy (non-hydrogen) atoms. The van der Waals surface area contributed by atoms with Crippen LogP contribution in [0.1, 0.15) is 52.4 Å². The van der Waals surface area contributed by atoms with Gasteiger partial charge in [-0.3, -0.25) is 0 Å². The largest absolute Gasteiger partial charge is 0.466 e. The van der Waals surface area contributed by atoms with Crippen LogP contribution in [0.25, 0.3) is 0 Å². The quantitative estimate of drug-likeness (QED) is 0.929. The van der Waals surface area contributed by atoms with Crippen molar-refractivity contribution < 1.29 is 14.3 Å². The molecule has 2 atom stereocenters. The molecule has 0 spiro atoms.